The summed E-state index contributed by atoms with van der Waals surface area (Å²) in [6, 6.07) is 5.97. The zero-order chi connectivity index (χ0) is 20.3. The summed E-state index contributed by atoms with van der Waals surface area (Å²) in [5.41, 5.74) is 2.76. The van der Waals surface area contributed by atoms with Gasteiger partial charge in [-0.3, -0.25) is 5.32 Å². The Kier molecular flexibility index (Phi) is 5.48. The highest BCUT2D eigenvalue weighted by molar-refractivity contribution is 5.78. The van der Waals surface area contributed by atoms with E-state index in [0.29, 0.717) is 11.8 Å². The van der Waals surface area contributed by atoms with Crippen molar-refractivity contribution in [2.75, 3.05) is 43.1 Å². The first-order chi connectivity index (χ1) is 14.8. The summed E-state index contributed by atoms with van der Waals surface area (Å²) in [6.07, 6.45) is 6.21. The highest BCUT2D eigenvalue weighted by atomic mass is 16.5. The molecule has 1 saturated heterocycles. The summed E-state index contributed by atoms with van der Waals surface area (Å²) in [7, 11) is 0. The maximum atomic E-state index is 10.5. The number of hydrogen-bond donors (Lipinski definition) is 3. The van der Waals surface area contributed by atoms with Crippen LogP contribution in [0.2, 0.25) is 0 Å². The summed E-state index contributed by atoms with van der Waals surface area (Å²) < 4.78 is 7.51. The van der Waals surface area contributed by atoms with E-state index < -0.39 is 6.23 Å². The number of anilines is 3. The van der Waals surface area contributed by atoms with Crippen LogP contribution < -0.4 is 15.5 Å². The number of hydrogen-bond acceptors (Lipinski definition) is 8. The molecule has 3 aromatic heterocycles. The van der Waals surface area contributed by atoms with Crippen molar-refractivity contribution in [2.45, 2.75) is 32.0 Å². The molecule has 158 valence electrons. The predicted molar refractivity (Wildman–Crippen MR) is 115 cm³/mol. The van der Waals surface area contributed by atoms with Crippen molar-refractivity contribution in [1.82, 2.24) is 24.8 Å². The lowest BCUT2D eigenvalue weighted by molar-refractivity contribution is 0.122. The molecule has 0 radical (unpaired) electrons. The van der Waals surface area contributed by atoms with E-state index in [2.05, 4.69) is 36.1 Å². The topological polar surface area (TPSA) is 100 Å². The number of ether oxygens (including phenoxy) is 1. The lowest BCUT2D eigenvalue weighted by Gasteiger charge is -2.28. The molecule has 0 saturated carbocycles. The first-order valence-corrected chi connectivity index (χ1v) is 10.6. The van der Waals surface area contributed by atoms with Crippen molar-refractivity contribution in [2.24, 2.45) is 0 Å². The first-order valence-electron chi connectivity index (χ1n) is 10.6. The Balaban J connectivity index is 1.38. The summed E-state index contributed by atoms with van der Waals surface area (Å²) in [5, 5.41) is 17.8. The van der Waals surface area contributed by atoms with E-state index >= 15 is 0 Å². The molecule has 2 aliphatic heterocycles. The summed E-state index contributed by atoms with van der Waals surface area (Å²) in [4.78, 5) is 16.0. The van der Waals surface area contributed by atoms with Gasteiger partial charge in [0, 0.05) is 31.2 Å². The molecule has 0 bridgehead atoms. The van der Waals surface area contributed by atoms with Crippen LogP contribution in [0, 0.1) is 0 Å². The van der Waals surface area contributed by atoms with E-state index in [-0.39, 0.29) is 0 Å². The quantitative estimate of drug-likeness (QED) is 0.605. The average Bonchev–Trinajstić information content (AvgIpc) is 3.17. The maximum absolute atomic E-state index is 10.5. The van der Waals surface area contributed by atoms with Crippen LogP contribution in [0.25, 0.3) is 11.0 Å². The fourth-order valence-electron chi connectivity index (χ4n) is 4.08. The van der Waals surface area contributed by atoms with Gasteiger partial charge in [-0.25, -0.2) is 9.97 Å². The van der Waals surface area contributed by atoms with Crippen LogP contribution in [-0.2, 0) is 11.3 Å². The monoisotopic (exact) mass is 409 g/mol. The lowest BCUT2D eigenvalue weighted by Crippen LogP contribution is -2.36. The van der Waals surface area contributed by atoms with E-state index in [1.165, 1.54) is 0 Å². The highest BCUT2D eigenvalue weighted by Crippen LogP contribution is 2.25. The normalized spacial score (nSPS) is 20.3. The van der Waals surface area contributed by atoms with Crippen molar-refractivity contribution in [1.29, 1.82) is 0 Å². The molecule has 5 rings (SSSR count). The molecule has 9 heteroatoms. The standard InChI is InChI=1S/C21H27N7O2/c29-20-17-12-15-13-24-21(26-19(15)28(17)7-3-1-2-6-22-20)25-18-5-4-16(14-23-18)27-8-10-30-11-9-27/h4-5,12-14,20,22,29H,1-3,6-11H2,(H,23,24,25,26). The Hall–Kier alpha value is -2.75. The largest absolute Gasteiger partial charge is 0.378 e. The first kappa shape index (κ1) is 19.2. The number of fused-ring (bicyclic) bond motifs is 3. The molecule has 1 fully saturated rings. The predicted octanol–water partition coefficient (Wildman–Crippen LogP) is 2.17. The molecular formula is C21H27N7O2. The molecule has 0 aliphatic carbocycles. The third-order valence-electron chi connectivity index (χ3n) is 5.71. The van der Waals surface area contributed by atoms with Crippen LogP contribution in [0.1, 0.15) is 31.2 Å². The number of nitrogens with zero attached hydrogens (tertiary/aromatic N) is 5. The molecule has 9 nitrogen and oxygen atoms in total. The van der Waals surface area contributed by atoms with Gasteiger partial charge in [-0.15, -0.1) is 0 Å². The zero-order valence-electron chi connectivity index (χ0n) is 16.9. The summed E-state index contributed by atoms with van der Waals surface area (Å²) >= 11 is 0. The molecule has 3 aromatic rings. The number of aromatic nitrogens is 4. The van der Waals surface area contributed by atoms with Crippen LogP contribution in [0.4, 0.5) is 17.5 Å². The highest BCUT2D eigenvalue weighted by Gasteiger charge is 2.19. The number of morpholine rings is 1. The van der Waals surface area contributed by atoms with Gasteiger partial charge in [0.1, 0.15) is 17.7 Å². The minimum atomic E-state index is -0.692. The van der Waals surface area contributed by atoms with Gasteiger partial charge in [0.05, 0.1) is 30.8 Å². The molecule has 1 atom stereocenters. The van der Waals surface area contributed by atoms with Gasteiger partial charge >= 0.3 is 0 Å². The second-order valence-electron chi connectivity index (χ2n) is 7.74. The van der Waals surface area contributed by atoms with Gasteiger partial charge < -0.3 is 24.6 Å². The Bertz CT molecular complexity index is 999. The Morgan fingerprint density at radius 1 is 1.07 bits per heavy atom. The van der Waals surface area contributed by atoms with Crippen LogP contribution in [0.3, 0.4) is 0 Å². The number of nitrogens with one attached hydrogen (secondary N) is 2. The van der Waals surface area contributed by atoms with Gasteiger partial charge in [-0.2, -0.15) is 4.98 Å². The number of aryl methyl sites for hydroxylation is 1. The molecule has 2 aliphatic rings. The smallest absolute Gasteiger partial charge is 0.230 e. The summed E-state index contributed by atoms with van der Waals surface area (Å²) in [5.74, 6) is 1.20. The van der Waals surface area contributed by atoms with Crippen LogP contribution in [-0.4, -0.2) is 57.5 Å². The third kappa shape index (κ3) is 3.96. The molecule has 30 heavy (non-hydrogen) atoms. The van der Waals surface area contributed by atoms with Gasteiger partial charge in [-0.1, -0.05) is 6.42 Å². The number of rotatable bonds is 3. The van der Waals surface area contributed by atoms with E-state index in [9.17, 15) is 5.11 Å². The number of pyridine rings is 1. The molecule has 1 unspecified atom stereocenters. The van der Waals surface area contributed by atoms with Crippen LogP contribution in [0.15, 0.2) is 30.6 Å². The maximum Gasteiger partial charge on any atom is 0.230 e. The molecule has 5 heterocycles. The fraction of sp³-hybridized carbons (Fsp3) is 0.476. The van der Waals surface area contributed by atoms with E-state index in [4.69, 9.17) is 9.72 Å². The second kappa shape index (κ2) is 8.55. The van der Waals surface area contributed by atoms with Crippen LogP contribution >= 0.6 is 0 Å². The van der Waals surface area contributed by atoms with Gasteiger partial charge in [0.25, 0.3) is 0 Å². The second-order valence-corrected chi connectivity index (χ2v) is 7.74. The molecule has 0 amide bonds. The average molecular weight is 409 g/mol. The summed E-state index contributed by atoms with van der Waals surface area (Å²) in [6.45, 7) is 4.91. The Morgan fingerprint density at radius 3 is 2.80 bits per heavy atom. The molecular weight excluding hydrogens is 382 g/mol. The fourth-order valence-corrected chi connectivity index (χ4v) is 4.08. The molecule has 3 N–H and O–H groups in total. The van der Waals surface area contributed by atoms with Crippen molar-refractivity contribution >= 4 is 28.5 Å². The number of aliphatic hydroxyl groups excluding tert-OH is 1. The van der Waals surface area contributed by atoms with Crippen LogP contribution in [0.5, 0.6) is 0 Å². The number of aliphatic hydroxyl groups is 1. The van der Waals surface area contributed by atoms with E-state index in [1.807, 2.05) is 18.3 Å². The van der Waals surface area contributed by atoms with Crippen molar-refractivity contribution in [3.05, 3.63) is 36.3 Å². The van der Waals surface area contributed by atoms with Crippen molar-refractivity contribution in [3.8, 4) is 0 Å². The minimum absolute atomic E-state index is 0.498. The zero-order valence-corrected chi connectivity index (χ0v) is 16.9. The minimum Gasteiger partial charge on any atom is -0.378 e. The van der Waals surface area contributed by atoms with Gasteiger partial charge in [0.15, 0.2) is 0 Å². The Labute approximate surface area is 175 Å². The molecule has 0 aromatic carbocycles. The van der Waals surface area contributed by atoms with E-state index in [1.54, 1.807) is 6.20 Å². The molecule has 0 spiro atoms. The van der Waals surface area contributed by atoms with Crippen molar-refractivity contribution in [3.63, 3.8) is 0 Å². The Morgan fingerprint density at radius 2 is 1.97 bits per heavy atom. The van der Waals surface area contributed by atoms with Gasteiger partial charge in [0.2, 0.25) is 5.95 Å². The lowest BCUT2D eigenvalue weighted by atomic mass is 10.2. The van der Waals surface area contributed by atoms with Gasteiger partial charge in [-0.05, 0) is 37.6 Å². The van der Waals surface area contributed by atoms with E-state index in [0.717, 1.165) is 81.1 Å². The SMILES string of the molecule is OC1NCCCCCn2c1cc1cnc(Nc3ccc(N4CCOCC4)cn3)nc12. The third-order valence-corrected chi connectivity index (χ3v) is 5.71. The van der Waals surface area contributed by atoms with Crippen molar-refractivity contribution < 1.29 is 9.84 Å².